The third-order valence-electron chi connectivity index (χ3n) is 4.75. The lowest BCUT2D eigenvalue weighted by Crippen LogP contribution is -2.36. The number of morpholine rings is 1. The number of anilines is 4. The van der Waals surface area contributed by atoms with Crippen molar-refractivity contribution in [2.45, 2.75) is 0 Å². The number of nitrogens with zero attached hydrogens (tertiary/aromatic N) is 3. The molecule has 2 N–H and O–H groups in total. The summed E-state index contributed by atoms with van der Waals surface area (Å²) in [5.74, 6) is 0.254. The van der Waals surface area contributed by atoms with E-state index in [1.165, 1.54) is 6.08 Å². The molecule has 1 aromatic heterocycles. The van der Waals surface area contributed by atoms with Crippen molar-refractivity contribution in [2.75, 3.05) is 41.8 Å². The minimum Gasteiger partial charge on any atom is -0.378 e. The van der Waals surface area contributed by atoms with Crippen LogP contribution < -0.4 is 15.5 Å². The number of aromatic nitrogens is 2. The number of carbonyl (C=O) groups is 1. The zero-order valence-electron chi connectivity index (χ0n) is 16.5. The number of carbonyl (C=O) groups excluding carboxylic acids is 1. The second kappa shape index (κ2) is 9.19. The molecule has 7 nitrogen and oxygen atoms in total. The first-order valence-corrected chi connectivity index (χ1v) is 9.78. The number of amides is 1. The summed E-state index contributed by atoms with van der Waals surface area (Å²) in [4.78, 5) is 22.8. The monoisotopic (exact) mass is 401 g/mol. The Labute approximate surface area is 175 Å². The van der Waals surface area contributed by atoms with Gasteiger partial charge in [-0.25, -0.2) is 9.97 Å². The minimum atomic E-state index is -0.252. The molecule has 1 aliphatic rings. The first-order chi connectivity index (χ1) is 14.7. The Morgan fingerprint density at radius 3 is 2.70 bits per heavy atom. The quantitative estimate of drug-likeness (QED) is 0.611. The van der Waals surface area contributed by atoms with E-state index in [1.54, 1.807) is 6.20 Å². The highest BCUT2D eigenvalue weighted by molar-refractivity contribution is 5.99. The molecule has 0 saturated carbocycles. The maximum atomic E-state index is 11.6. The number of nitrogens with one attached hydrogen (secondary N) is 2. The average molecular weight is 401 g/mol. The lowest BCUT2D eigenvalue weighted by molar-refractivity contribution is -0.111. The van der Waals surface area contributed by atoms with E-state index in [2.05, 4.69) is 44.2 Å². The largest absolute Gasteiger partial charge is 0.378 e. The molecule has 0 atom stereocenters. The molecule has 0 spiro atoms. The van der Waals surface area contributed by atoms with Crippen LogP contribution in [0, 0.1) is 0 Å². The Hall–Kier alpha value is -3.71. The van der Waals surface area contributed by atoms with Gasteiger partial charge in [-0.3, -0.25) is 4.79 Å². The van der Waals surface area contributed by atoms with Crippen molar-refractivity contribution in [1.29, 1.82) is 0 Å². The van der Waals surface area contributed by atoms with Crippen molar-refractivity contribution in [3.05, 3.63) is 73.4 Å². The Balaban J connectivity index is 1.52. The van der Waals surface area contributed by atoms with Crippen LogP contribution in [-0.2, 0) is 9.53 Å². The fourth-order valence-electron chi connectivity index (χ4n) is 3.26. The minimum absolute atomic E-state index is 0.252. The van der Waals surface area contributed by atoms with E-state index < -0.39 is 0 Å². The molecule has 0 radical (unpaired) electrons. The lowest BCUT2D eigenvalue weighted by atomic mass is 10.1. The molecule has 7 heteroatoms. The summed E-state index contributed by atoms with van der Waals surface area (Å²) in [6.45, 7) is 6.73. The Bertz CT molecular complexity index is 1050. The summed E-state index contributed by atoms with van der Waals surface area (Å²) in [5, 5.41) is 6.05. The van der Waals surface area contributed by atoms with Crippen LogP contribution in [0.3, 0.4) is 0 Å². The molecular formula is C23H23N5O2. The Morgan fingerprint density at radius 2 is 1.87 bits per heavy atom. The predicted molar refractivity (Wildman–Crippen MR) is 119 cm³/mol. The topological polar surface area (TPSA) is 79.4 Å². The molecule has 30 heavy (non-hydrogen) atoms. The maximum absolute atomic E-state index is 11.6. The van der Waals surface area contributed by atoms with Gasteiger partial charge in [0.25, 0.3) is 0 Å². The van der Waals surface area contributed by atoms with Crippen molar-refractivity contribution in [3.8, 4) is 11.3 Å². The molecule has 2 heterocycles. The van der Waals surface area contributed by atoms with Gasteiger partial charge in [-0.2, -0.15) is 0 Å². The van der Waals surface area contributed by atoms with Crippen LogP contribution >= 0.6 is 0 Å². The maximum Gasteiger partial charge on any atom is 0.247 e. The van der Waals surface area contributed by atoms with Crippen LogP contribution in [0.1, 0.15) is 0 Å². The first kappa shape index (κ1) is 19.6. The summed E-state index contributed by atoms with van der Waals surface area (Å²) in [6.07, 6.45) is 2.95. The molecular weight excluding hydrogens is 378 g/mol. The molecule has 1 amide bonds. The zero-order chi connectivity index (χ0) is 20.8. The summed E-state index contributed by atoms with van der Waals surface area (Å²) in [7, 11) is 0. The highest BCUT2D eigenvalue weighted by atomic mass is 16.5. The summed E-state index contributed by atoms with van der Waals surface area (Å²) in [5.41, 5.74) is 4.38. The van der Waals surface area contributed by atoms with Gasteiger partial charge in [0.15, 0.2) is 0 Å². The second-order valence-corrected chi connectivity index (χ2v) is 6.81. The predicted octanol–water partition coefficient (Wildman–Crippen LogP) is 3.85. The number of benzene rings is 2. The van der Waals surface area contributed by atoms with Gasteiger partial charge in [0.2, 0.25) is 11.9 Å². The summed E-state index contributed by atoms with van der Waals surface area (Å²) >= 11 is 0. The van der Waals surface area contributed by atoms with Crippen LogP contribution in [0.25, 0.3) is 11.3 Å². The van der Waals surface area contributed by atoms with Crippen LogP contribution in [0.5, 0.6) is 0 Å². The van der Waals surface area contributed by atoms with E-state index in [-0.39, 0.29) is 5.91 Å². The molecule has 3 aromatic rings. The second-order valence-electron chi connectivity index (χ2n) is 6.81. The Kier molecular flexibility index (Phi) is 6.01. The van der Waals surface area contributed by atoms with Crippen molar-refractivity contribution >= 4 is 28.9 Å². The van der Waals surface area contributed by atoms with Crippen LogP contribution in [-0.4, -0.2) is 42.2 Å². The third kappa shape index (κ3) is 4.82. The van der Waals surface area contributed by atoms with E-state index in [4.69, 9.17) is 4.74 Å². The van der Waals surface area contributed by atoms with Gasteiger partial charge in [0.05, 0.1) is 18.9 Å². The van der Waals surface area contributed by atoms with Crippen LogP contribution in [0.4, 0.5) is 23.0 Å². The van der Waals surface area contributed by atoms with E-state index in [1.807, 2.05) is 42.5 Å². The standard InChI is InChI=1S/C23H23N5O2/c1-2-22(29)25-18-6-3-5-17(15-18)21-9-10-24-23(27-21)26-19-7-4-8-20(16-19)28-11-13-30-14-12-28/h2-10,15-16H,1,11-14H2,(H,25,29)(H,24,26,27). The fourth-order valence-corrected chi connectivity index (χ4v) is 3.26. The third-order valence-corrected chi connectivity index (χ3v) is 4.75. The smallest absolute Gasteiger partial charge is 0.247 e. The van der Waals surface area contributed by atoms with Gasteiger partial charge >= 0.3 is 0 Å². The van der Waals surface area contributed by atoms with Gasteiger partial charge < -0.3 is 20.3 Å². The number of ether oxygens (including phenoxy) is 1. The fraction of sp³-hybridized carbons (Fsp3) is 0.174. The van der Waals surface area contributed by atoms with Crippen LogP contribution in [0.15, 0.2) is 73.4 Å². The molecule has 4 rings (SSSR count). The van der Waals surface area contributed by atoms with Crippen molar-refractivity contribution < 1.29 is 9.53 Å². The van der Waals surface area contributed by atoms with Gasteiger partial charge in [-0.05, 0) is 42.5 Å². The lowest BCUT2D eigenvalue weighted by Gasteiger charge is -2.29. The van der Waals surface area contributed by atoms with Gasteiger partial charge in [0, 0.05) is 41.9 Å². The van der Waals surface area contributed by atoms with E-state index >= 15 is 0 Å². The highest BCUT2D eigenvalue weighted by Crippen LogP contribution is 2.25. The molecule has 2 aromatic carbocycles. The molecule has 1 aliphatic heterocycles. The number of hydrogen-bond donors (Lipinski definition) is 2. The number of rotatable bonds is 6. The van der Waals surface area contributed by atoms with E-state index in [9.17, 15) is 4.79 Å². The molecule has 0 unspecified atom stereocenters. The van der Waals surface area contributed by atoms with Gasteiger partial charge in [-0.1, -0.05) is 24.8 Å². The van der Waals surface area contributed by atoms with Crippen molar-refractivity contribution in [1.82, 2.24) is 9.97 Å². The molecule has 152 valence electrons. The summed E-state index contributed by atoms with van der Waals surface area (Å²) < 4.78 is 5.43. The van der Waals surface area contributed by atoms with Gasteiger partial charge in [-0.15, -0.1) is 0 Å². The van der Waals surface area contributed by atoms with Gasteiger partial charge in [0.1, 0.15) is 0 Å². The average Bonchev–Trinajstić information content (AvgIpc) is 2.80. The number of hydrogen-bond acceptors (Lipinski definition) is 6. The normalized spacial score (nSPS) is 13.5. The first-order valence-electron chi connectivity index (χ1n) is 9.78. The van der Waals surface area contributed by atoms with Crippen LogP contribution in [0.2, 0.25) is 0 Å². The molecule has 0 bridgehead atoms. The summed E-state index contributed by atoms with van der Waals surface area (Å²) in [6, 6.07) is 17.5. The van der Waals surface area contributed by atoms with Crippen molar-refractivity contribution in [2.24, 2.45) is 0 Å². The highest BCUT2D eigenvalue weighted by Gasteiger charge is 2.12. The molecule has 0 aliphatic carbocycles. The van der Waals surface area contributed by atoms with E-state index in [0.29, 0.717) is 11.6 Å². The molecule has 1 fully saturated rings. The van der Waals surface area contributed by atoms with Crippen molar-refractivity contribution in [3.63, 3.8) is 0 Å². The Morgan fingerprint density at radius 1 is 1.07 bits per heavy atom. The van der Waals surface area contributed by atoms with E-state index in [0.717, 1.165) is 48.9 Å². The zero-order valence-corrected chi connectivity index (χ0v) is 16.5. The SMILES string of the molecule is C=CC(=O)Nc1cccc(-c2ccnc(Nc3cccc(N4CCOCC4)c3)n2)c1. The molecule has 1 saturated heterocycles.